The number of aromatic nitrogens is 1. The largest absolute Gasteiger partial charge is 0.494 e. The van der Waals surface area contributed by atoms with Gasteiger partial charge in [-0.1, -0.05) is 12.1 Å². The quantitative estimate of drug-likeness (QED) is 0.642. The molecule has 2 aromatic carbocycles. The zero-order chi connectivity index (χ0) is 19.3. The maximum Gasteiger partial charge on any atom is 0.240 e. The van der Waals surface area contributed by atoms with Crippen LogP contribution in [0.1, 0.15) is 18.2 Å². The van der Waals surface area contributed by atoms with E-state index in [1.165, 1.54) is 24.3 Å². The lowest BCUT2D eigenvalue weighted by molar-refractivity contribution is 0.340. The summed E-state index contributed by atoms with van der Waals surface area (Å²) < 4.78 is 47.9. The third-order valence-corrected chi connectivity index (χ3v) is 5.50. The fourth-order valence-corrected chi connectivity index (χ4v) is 3.68. The smallest absolute Gasteiger partial charge is 0.240 e. The number of benzene rings is 2. The highest BCUT2D eigenvalue weighted by Crippen LogP contribution is 2.16. The van der Waals surface area contributed by atoms with Gasteiger partial charge in [0, 0.05) is 18.4 Å². The summed E-state index contributed by atoms with van der Waals surface area (Å²) in [4.78, 5) is 0.183. The van der Waals surface area contributed by atoms with E-state index in [0.717, 1.165) is 11.3 Å². The van der Waals surface area contributed by atoms with Crippen molar-refractivity contribution in [2.45, 2.75) is 24.9 Å². The Morgan fingerprint density at radius 3 is 2.41 bits per heavy atom. The van der Waals surface area contributed by atoms with Crippen LogP contribution < -0.4 is 9.46 Å². The minimum Gasteiger partial charge on any atom is -0.494 e. The van der Waals surface area contributed by atoms with E-state index < -0.39 is 10.0 Å². The minimum atomic E-state index is -3.63. The van der Waals surface area contributed by atoms with E-state index in [1.54, 1.807) is 24.3 Å². The molecular weight excluding hydrogens is 367 g/mol. The van der Waals surface area contributed by atoms with Crippen LogP contribution in [0.25, 0.3) is 0 Å². The van der Waals surface area contributed by atoms with Gasteiger partial charge in [-0.25, -0.2) is 17.5 Å². The lowest BCUT2D eigenvalue weighted by atomic mass is 10.2. The molecule has 0 radical (unpaired) electrons. The van der Waals surface area contributed by atoms with Gasteiger partial charge in [0.25, 0.3) is 0 Å². The summed E-state index contributed by atoms with van der Waals surface area (Å²) in [6, 6.07) is 16.3. The molecule has 0 fully saturated rings. The molecular formula is C20H21FN2O3S. The number of nitrogens with zero attached hydrogens (tertiary/aromatic N) is 1. The number of nitrogens with one attached hydrogen (secondary N) is 1. The summed E-state index contributed by atoms with van der Waals surface area (Å²) >= 11 is 0. The Bertz CT molecular complexity index is 981. The molecule has 0 unspecified atom stereocenters. The topological polar surface area (TPSA) is 60.3 Å². The average Bonchev–Trinajstić information content (AvgIpc) is 3.10. The molecule has 1 aromatic heterocycles. The highest BCUT2D eigenvalue weighted by Gasteiger charge is 2.15. The van der Waals surface area contributed by atoms with E-state index >= 15 is 0 Å². The van der Waals surface area contributed by atoms with E-state index in [-0.39, 0.29) is 17.3 Å². The number of ether oxygens (including phenoxy) is 1. The molecule has 0 bridgehead atoms. The Labute approximate surface area is 158 Å². The maximum atomic E-state index is 13.0. The zero-order valence-corrected chi connectivity index (χ0v) is 15.7. The molecule has 0 aliphatic heterocycles. The van der Waals surface area contributed by atoms with Crippen molar-refractivity contribution in [3.63, 3.8) is 0 Å². The lowest BCUT2D eigenvalue weighted by Gasteiger charge is -2.11. The van der Waals surface area contributed by atoms with Crippen LogP contribution >= 0.6 is 0 Å². The second kappa shape index (κ2) is 8.37. The van der Waals surface area contributed by atoms with Gasteiger partial charge >= 0.3 is 0 Å². The van der Waals surface area contributed by atoms with Crippen molar-refractivity contribution >= 4 is 10.0 Å². The van der Waals surface area contributed by atoms with Gasteiger partial charge in [0.2, 0.25) is 10.0 Å². The highest BCUT2D eigenvalue weighted by molar-refractivity contribution is 7.89. The van der Waals surface area contributed by atoms with E-state index in [1.807, 2.05) is 29.8 Å². The average molecular weight is 388 g/mol. The first-order valence-electron chi connectivity index (χ1n) is 8.59. The normalized spacial score (nSPS) is 11.5. The van der Waals surface area contributed by atoms with Crippen molar-refractivity contribution < 1.29 is 17.5 Å². The first-order chi connectivity index (χ1) is 13.0. The zero-order valence-electron chi connectivity index (χ0n) is 14.9. The molecule has 1 N–H and O–H groups in total. The van der Waals surface area contributed by atoms with E-state index in [4.69, 9.17) is 4.74 Å². The van der Waals surface area contributed by atoms with Gasteiger partial charge in [0.05, 0.1) is 18.0 Å². The summed E-state index contributed by atoms with van der Waals surface area (Å²) in [5, 5.41) is 0. The summed E-state index contributed by atoms with van der Waals surface area (Å²) in [5.74, 6) is 0.346. The fourth-order valence-electron chi connectivity index (χ4n) is 2.68. The van der Waals surface area contributed by atoms with Gasteiger partial charge < -0.3 is 9.30 Å². The van der Waals surface area contributed by atoms with Crippen molar-refractivity contribution in [3.8, 4) is 5.75 Å². The van der Waals surface area contributed by atoms with Gasteiger partial charge in [-0.15, -0.1) is 0 Å². The summed E-state index contributed by atoms with van der Waals surface area (Å²) in [7, 11) is -3.63. The SMILES string of the molecule is CCOc1ccc(S(=O)(=O)NCc2cccn2Cc2ccc(F)cc2)cc1. The van der Waals surface area contributed by atoms with E-state index in [2.05, 4.69) is 4.72 Å². The predicted molar refractivity (Wildman–Crippen MR) is 102 cm³/mol. The second-order valence-corrected chi connectivity index (χ2v) is 7.75. The van der Waals surface area contributed by atoms with Crippen molar-refractivity contribution in [2.75, 3.05) is 6.61 Å². The summed E-state index contributed by atoms with van der Waals surface area (Å²) in [5.41, 5.74) is 1.75. The highest BCUT2D eigenvalue weighted by atomic mass is 32.2. The Kier molecular flexibility index (Phi) is 5.93. The lowest BCUT2D eigenvalue weighted by Crippen LogP contribution is -2.24. The summed E-state index contributed by atoms with van der Waals surface area (Å²) in [6.07, 6.45) is 1.86. The molecule has 0 saturated carbocycles. The van der Waals surface area contributed by atoms with Crippen molar-refractivity contribution in [3.05, 3.63) is 83.9 Å². The third kappa shape index (κ3) is 4.96. The van der Waals surface area contributed by atoms with Crippen LogP contribution in [0.4, 0.5) is 4.39 Å². The van der Waals surface area contributed by atoms with Crippen LogP contribution in [0.3, 0.4) is 0 Å². The molecule has 5 nitrogen and oxygen atoms in total. The number of halogens is 1. The Balaban J connectivity index is 1.67. The van der Waals surface area contributed by atoms with E-state index in [9.17, 15) is 12.8 Å². The first-order valence-corrected chi connectivity index (χ1v) is 10.1. The van der Waals surface area contributed by atoms with Gasteiger partial charge in [-0.3, -0.25) is 0 Å². The van der Waals surface area contributed by atoms with Crippen LogP contribution in [-0.4, -0.2) is 19.6 Å². The molecule has 3 rings (SSSR count). The summed E-state index contributed by atoms with van der Waals surface area (Å²) in [6.45, 7) is 3.08. The van der Waals surface area contributed by atoms with E-state index in [0.29, 0.717) is 18.9 Å². The molecule has 0 amide bonds. The molecule has 7 heteroatoms. The molecule has 0 saturated heterocycles. The monoisotopic (exact) mass is 388 g/mol. The Morgan fingerprint density at radius 1 is 1.04 bits per heavy atom. The number of rotatable bonds is 8. The van der Waals surface area contributed by atoms with Crippen molar-refractivity contribution in [1.82, 2.24) is 9.29 Å². The molecule has 142 valence electrons. The van der Waals surface area contributed by atoms with Gasteiger partial charge in [-0.2, -0.15) is 0 Å². The van der Waals surface area contributed by atoms with Crippen LogP contribution in [0, 0.1) is 5.82 Å². The molecule has 1 heterocycles. The maximum absolute atomic E-state index is 13.0. The third-order valence-electron chi connectivity index (χ3n) is 4.08. The molecule has 0 aliphatic rings. The van der Waals surface area contributed by atoms with Crippen molar-refractivity contribution in [1.29, 1.82) is 0 Å². The molecule has 0 spiro atoms. The van der Waals surface area contributed by atoms with Crippen LogP contribution in [0.5, 0.6) is 5.75 Å². The van der Waals surface area contributed by atoms with Gasteiger partial charge in [-0.05, 0) is 61.0 Å². The van der Waals surface area contributed by atoms with Crippen molar-refractivity contribution in [2.24, 2.45) is 0 Å². The number of hydrogen-bond donors (Lipinski definition) is 1. The van der Waals surface area contributed by atoms with Gasteiger partial charge in [0.1, 0.15) is 11.6 Å². The second-order valence-electron chi connectivity index (χ2n) is 5.98. The Morgan fingerprint density at radius 2 is 1.74 bits per heavy atom. The minimum absolute atomic E-state index is 0.156. The molecule has 3 aromatic rings. The molecule has 0 aliphatic carbocycles. The predicted octanol–water partition coefficient (Wildman–Crippen LogP) is 3.55. The van der Waals surface area contributed by atoms with Crippen LogP contribution in [-0.2, 0) is 23.1 Å². The molecule has 0 atom stereocenters. The van der Waals surface area contributed by atoms with Crippen LogP contribution in [0.15, 0.2) is 71.8 Å². The number of hydrogen-bond acceptors (Lipinski definition) is 3. The van der Waals surface area contributed by atoms with Gasteiger partial charge in [0.15, 0.2) is 0 Å². The first kappa shape index (κ1) is 19.1. The fraction of sp³-hybridized carbons (Fsp3) is 0.200. The molecule has 27 heavy (non-hydrogen) atoms. The number of sulfonamides is 1. The standard InChI is InChI=1S/C20H21FN2O3S/c1-2-26-19-9-11-20(12-10-19)27(24,25)22-14-18-4-3-13-23(18)15-16-5-7-17(21)8-6-16/h3-13,22H,2,14-15H2,1H3. The van der Waals surface area contributed by atoms with Crippen LogP contribution in [0.2, 0.25) is 0 Å². The Hall–Kier alpha value is -2.64.